The van der Waals surface area contributed by atoms with Crippen molar-refractivity contribution in [3.05, 3.63) is 0 Å². The van der Waals surface area contributed by atoms with Crippen molar-refractivity contribution in [1.29, 1.82) is 0 Å². The summed E-state index contributed by atoms with van der Waals surface area (Å²) in [7, 11) is 1.59. The van der Waals surface area contributed by atoms with E-state index in [0.29, 0.717) is 6.61 Å². The minimum Gasteiger partial charge on any atom is -0.457 e. The van der Waals surface area contributed by atoms with Gasteiger partial charge in [0.25, 0.3) is 0 Å². The van der Waals surface area contributed by atoms with E-state index in [0.717, 1.165) is 0 Å². The van der Waals surface area contributed by atoms with Gasteiger partial charge in [0.2, 0.25) is 0 Å². The largest absolute Gasteiger partial charge is 0.457 e. The van der Waals surface area contributed by atoms with Crippen LogP contribution < -0.4 is 0 Å². The van der Waals surface area contributed by atoms with Crippen molar-refractivity contribution in [2.75, 3.05) is 13.7 Å². The van der Waals surface area contributed by atoms with Crippen molar-refractivity contribution >= 4 is 5.97 Å². The lowest BCUT2D eigenvalue weighted by Crippen LogP contribution is -2.34. The molecule has 0 saturated heterocycles. The van der Waals surface area contributed by atoms with Gasteiger partial charge >= 0.3 is 5.97 Å². The molecule has 72 valence electrons. The maximum atomic E-state index is 11.2. The highest BCUT2D eigenvalue weighted by atomic mass is 16.6. The highest BCUT2D eigenvalue weighted by molar-refractivity contribution is 5.71. The summed E-state index contributed by atoms with van der Waals surface area (Å²) in [6.07, 6.45) is 0. The normalized spacial score (nSPS) is 11.8. The lowest BCUT2D eigenvalue weighted by Gasteiger charge is -2.25. The van der Waals surface area contributed by atoms with Gasteiger partial charge in [-0.1, -0.05) is 13.8 Å². The fraction of sp³-hybridized carbons (Fsp3) is 0.889. The van der Waals surface area contributed by atoms with Crippen LogP contribution in [0.5, 0.6) is 0 Å². The van der Waals surface area contributed by atoms with E-state index in [1.807, 2.05) is 27.7 Å². The lowest BCUT2D eigenvalue weighted by atomic mass is 10.1. The molecule has 0 saturated carbocycles. The van der Waals surface area contributed by atoms with Gasteiger partial charge in [0.05, 0.1) is 12.5 Å². The van der Waals surface area contributed by atoms with E-state index in [4.69, 9.17) is 9.47 Å². The van der Waals surface area contributed by atoms with Gasteiger partial charge in [-0.05, 0) is 13.8 Å². The van der Waals surface area contributed by atoms with E-state index in [2.05, 4.69) is 0 Å². The summed E-state index contributed by atoms with van der Waals surface area (Å²) in [6, 6.07) is 0. The molecule has 3 heteroatoms. The summed E-state index contributed by atoms with van der Waals surface area (Å²) in [5.41, 5.74) is -0.518. The molecule has 0 fully saturated rings. The lowest BCUT2D eigenvalue weighted by molar-refractivity contribution is -0.164. The fourth-order valence-corrected chi connectivity index (χ4v) is 0.767. The Balaban J connectivity index is 3.96. The van der Waals surface area contributed by atoms with Gasteiger partial charge in [0.15, 0.2) is 0 Å². The Morgan fingerprint density at radius 3 is 2.25 bits per heavy atom. The summed E-state index contributed by atoms with van der Waals surface area (Å²) in [5, 5.41) is 0. The van der Waals surface area contributed by atoms with Crippen LogP contribution in [0.2, 0.25) is 0 Å². The smallest absolute Gasteiger partial charge is 0.308 e. The van der Waals surface area contributed by atoms with Gasteiger partial charge < -0.3 is 9.47 Å². The number of ether oxygens (including phenoxy) is 2. The maximum absolute atomic E-state index is 11.2. The molecule has 0 heterocycles. The molecule has 0 aliphatic rings. The minimum absolute atomic E-state index is 0.0823. The van der Waals surface area contributed by atoms with E-state index >= 15 is 0 Å². The molecule has 0 N–H and O–H groups in total. The SMILES string of the molecule is COCC(C)(C)OC(=O)C(C)C. The van der Waals surface area contributed by atoms with Crippen LogP contribution in [0.3, 0.4) is 0 Å². The monoisotopic (exact) mass is 174 g/mol. The molecule has 3 nitrogen and oxygen atoms in total. The summed E-state index contributed by atoms with van der Waals surface area (Å²) in [6.45, 7) is 7.70. The van der Waals surface area contributed by atoms with Gasteiger partial charge in [-0.3, -0.25) is 4.79 Å². The van der Waals surface area contributed by atoms with Gasteiger partial charge in [-0.2, -0.15) is 0 Å². The number of carbonyl (C=O) groups is 1. The highest BCUT2D eigenvalue weighted by Gasteiger charge is 2.23. The zero-order valence-electron chi connectivity index (χ0n) is 8.51. The Morgan fingerprint density at radius 2 is 1.92 bits per heavy atom. The van der Waals surface area contributed by atoms with Crippen molar-refractivity contribution in [2.45, 2.75) is 33.3 Å². The third-order valence-electron chi connectivity index (χ3n) is 1.34. The fourth-order valence-electron chi connectivity index (χ4n) is 0.767. The molecule has 0 aromatic rings. The topological polar surface area (TPSA) is 35.5 Å². The third kappa shape index (κ3) is 4.34. The molecular formula is C9H18O3. The molecule has 0 aliphatic heterocycles. The number of hydrogen-bond acceptors (Lipinski definition) is 3. The highest BCUT2D eigenvalue weighted by Crippen LogP contribution is 2.12. The Labute approximate surface area is 74.0 Å². The average Bonchev–Trinajstić information content (AvgIpc) is 1.85. The van der Waals surface area contributed by atoms with Crippen LogP contribution in [0.1, 0.15) is 27.7 Å². The predicted molar refractivity (Wildman–Crippen MR) is 46.9 cm³/mol. The number of methoxy groups -OCH3 is 1. The van der Waals surface area contributed by atoms with Crippen molar-refractivity contribution < 1.29 is 14.3 Å². The van der Waals surface area contributed by atoms with E-state index < -0.39 is 5.60 Å². The number of carbonyl (C=O) groups excluding carboxylic acids is 1. The first-order valence-electron chi connectivity index (χ1n) is 4.11. The van der Waals surface area contributed by atoms with E-state index in [1.54, 1.807) is 7.11 Å². The summed E-state index contributed by atoms with van der Waals surface area (Å²) >= 11 is 0. The van der Waals surface area contributed by atoms with Crippen LogP contribution >= 0.6 is 0 Å². The Hall–Kier alpha value is -0.570. The second-order valence-corrected chi connectivity index (χ2v) is 3.77. The molecule has 12 heavy (non-hydrogen) atoms. The zero-order chi connectivity index (χ0) is 9.78. The number of esters is 1. The first kappa shape index (κ1) is 11.4. The number of hydrogen-bond donors (Lipinski definition) is 0. The number of rotatable bonds is 4. The Bertz CT molecular complexity index is 150. The molecule has 0 spiro atoms. The molecular weight excluding hydrogens is 156 g/mol. The van der Waals surface area contributed by atoms with Crippen molar-refractivity contribution in [1.82, 2.24) is 0 Å². The molecule has 0 unspecified atom stereocenters. The molecule has 0 aliphatic carbocycles. The molecule has 0 radical (unpaired) electrons. The zero-order valence-corrected chi connectivity index (χ0v) is 8.51. The maximum Gasteiger partial charge on any atom is 0.308 e. The van der Waals surface area contributed by atoms with Gasteiger partial charge in [-0.15, -0.1) is 0 Å². The first-order valence-corrected chi connectivity index (χ1v) is 4.11. The molecule has 0 atom stereocenters. The average molecular weight is 174 g/mol. The summed E-state index contributed by atoms with van der Waals surface area (Å²) in [5.74, 6) is -0.266. The summed E-state index contributed by atoms with van der Waals surface area (Å²) in [4.78, 5) is 11.2. The standard InChI is InChI=1S/C9H18O3/c1-7(2)8(10)12-9(3,4)6-11-5/h7H,6H2,1-5H3. The van der Waals surface area contributed by atoms with Crippen LogP contribution in [0.4, 0.5) is 0 Å². The second kappa shape index (κ2) is 4.45. The third-order valence-corrected chi connectivity index (χ3v) is 1.34. The molecule has 0 rings (SSSR count). The van der Waals surface area contributed by atoms with Crippen molar-refractivity contribution in [3.63, 3.8) is 0 Å². The molecule has 0 bridgehead atoms. The van der Waals surface area contributed by atoms with E-state index in [-0.39, 0.29) is 11.9 Å². The Kier molecular flexibility index (Phi) is 4.24. The molecule has 0 aromatic carbocycles. The first-order chi connectivity index (χ1) is 5.39. The van der Waals surface area contributed by atoms with Crippen LogP contribution in [-0.4, -0.2) is 25.3 Å². The van der Waals surface area contributed by atoms with Crippen LogP contribution in [-0.2, 0) is 14.3 Å². The molecule has 0 aromatic heterocycles. The van der Waals surface area contributed by atoms with Crippen LogP contribution in [0.15, 0.2) is 0 Å². The molecule has 0 amide bonds. The van der Waals surface area contributed by atoms with Crippen molar-refractivity contribution in [3.8, 4) is 0 Å². The second-order valence-electron chi connectivity index (χ2n) is 3.77. The minimum atomic E-state index is -0.518. The van der Waals surface area contributed by atoms with E-state index in [1.165, 1.54) is 0 Å². The van der Waals surface area contributed by atoms with Gasteiger partial charge in [0.1, 0.15) is 5.60 Å². The Morgan fingerprint density at radius 1 is 1.42 bits per heavy atom. The van der Waals surface area contributed by atoms with Crippen LogP contribution in [0, 0.1) is 5.92 Å². The van der Waals surface area contributed by atoms with E-state index in [9.17, 15) is 4.79 Å². The van der Waals surface area contributed by atoms with Gasteiger partial charge in [-0.25, -0.2) is 0 Å². The summed E-state index contributed by atoms with van der Waals surface area (Å²) < 4.78 is 10.1. The van der Waals surface area contributed by atoms with Crippen molar-refractivity contribution in [2.24, 2.45) is 5.92 Å². The van der Waals surface area contributed by atoms with Gasteiger partial charge in [0, 0.05) is 7.11 Å². The van der Waals surface area contributed by atoms with Crippen LogP contribution in [0.25, 0.3) is 0 Å². The quantitative estimate of drug-likeness (QED) is 0.607. The predicted octanol–water partition coefficient (Wildman–Crippen LogP) is 1.61.